The Bertz CT molecular complexity index is 1340. The lowest BCUT2D eigenvalue weighted by Gasteiger charge is -2.29. The van der Waals surface area contributed by atoms with Gasteiger partial charge < -0.3 is 30.2 Å². The highest BCUT2D eigenvalue weighted by molar-refractivity contribution is 6.30. The molecule has 12 heteroatoms. The molecule has 2 heterocycles. The zero-order chi connectivity index (χ0) is 26.4. The molecular weight excluding hydrogens is 507 g/mol. The normalized spacial score (nSPS) is 17.4. The van der Waals surface area contributed by atoms with Crippen molar-refractivity contribution in [3.63, 3.8) is 0 Å². The SMILES string of the molecule is O=C(CO)NC1CCC(CCOc2c(F)ccc3nc(C(=O)NCc4cccc(Cl)c4)[nH]c(=O)c23)OC1. The van der Waals surface area contributed by atoms with Crippen LogP contribution in [0.25, 0.3) is 10.9 Å². The summed E-state index contributed by atoms with van der Waals surface area (Å²) in [4.78, 5) is 43.2. The molecular formula is C25H26ClFN4O6. The number of amides is 2. The Hall–Kier alpha value is -3.54. The predicted octanol–water partition coefficient (Wildman–Crippen LogP) is 2.07. The molecule has 1 saturated heterocycles. The van der Waals surface area contributed by atoms with Crippen LogP contribution in [0.5, 0.6) is 5.75 Å². The van der Waals surface area contributed by atoms with E-state index in [4.69, 9.17) is 26.2 Å². The Labute approximate surface area is 216 Å². The monoisotopic (exact) mass is 532 g/mol. The Balaban J connectivity index is 1.38. The number of carbonyl (C=O) groups excluding carboxylic acids is 2. The second kappa shape index (κ2) is 12.1. The number of aromatic nitrogens is 2. The van der Waals surface area contributed by atoms with Crippen LogP contribution < -0.4 is 20.9 Å². The number of aromatic amines is 1. The summed E-state index contributed by atoms with van der Waals surface area (Å²) in [6.45, 7) is -0.0231. The lowest BCUT2D eigenvalue weighted by atomic mass is 10.0. The number of benzene rings is 2. The molecule has 3 aromatic rings. The van der Waals surface area contributed by atoms with E-state index in [0.29, 0.717) is 30.9 Å². The number of carbonyl (C=O) groups is 2. The van der Waals surface area contributed by atoms with E-state index < -0.39 is 29.8 Å². The summed E-state index contributed by atoms with van der Waals surface area (Å²) < 4.78 is 25.9. The molecule has 4 N–H and O–H groups in total. The number of nitrogens with zero attached hydrogens (tertiary/aromatic N) is 1. The number of halogens is 2. The number of nitrogens with one attached hydrogen (secondary N) is 3. The van der Waals surface area contributed by atoms with E-state index in [2.05, 4.69) is 20.6 Å². The topological polar surface area (TPSA) is 143 Å². The average Bonchev–Trinajstić information content (AvgIpc) is 2.89. The molecule has 2 atom stereocenters. The summed E-state index contributed by atoms with van der Waals surface area (Å²) in [7, 11) is 0. The van der Waals surface area contributed by atoms with Gasteiger partial charge in [0.1, 0.15) is 12.0 Å². The van der Waals surface area contributed by atoms with Crippen molar-refractivity contribution >= 4 is 34.3 Å². The molecule has 0 spiro atoms. The number of aliphatic hydroxyl groups excluding tert-OH is 1. The highest BCUT2D eigenvalue weighted by Gasteiger charge is 2.23. The molecule has 0 radical (unpaired) electrons. The summed E-state index contributed by atoms with van der Waals surface area (Å²) in [6.07, 6.45) is 1.59. The third kappa shape index (κ3) is 6.82. The zero-order valence-electron chi connectivity index (χ0n) is 19.8. The van der Waals surface area contributed by atoms with Gasteiger partial charge in [-0.1, -0.05) is 23.7 Å². The van der Waals surface area contributed by atoms with Crippen LogP contribution in [0.1, 0.15) is 35.4 Å². The van der Waals surface area contributed by atoms with Gasteiger partial charge in [-0.3, -0.25) is 14.4 Å². The van der Waals surface area contributed by atoms with E-state index in [-0.39, 0.29) is 47.8 Å². The fraction of sp³-hybridized carbons (Fsp3) is 0.360. The van der Waals surface area contributed by atoms with Crippen LogP contribution in [0.15, 0.2) is 41.2 Å². The molecule has 1 aliphatic heterocycles. The fourth-order valence-electron chi connectivity index (χ4n) is 4.05. The van der Waals surface area contributed by atoms with Gasteiger partial charge in [0.05, 0.1) is 30.9 Å². The molecule has 2 unspecified atom stereocenters. The minimum atomic E-state index is -0.727. The van der Waals surface area contributed by atoms with Crippen LogP contribution in [-0.2, 0) is 16.1 Å². The van der Waals surface area contributed by atoms with Gasteiger partial charge >= 0.3 is 0 Å². The maximum atomic E-state index is 14.6. The maximum Gasteiger partial charge on any atom is 0.287 e. The van der Waals surface area contributed by atoms with Crippen LogP contribution in [0.4, 0.5) is 4.39 Å². The van der Waals surface area contributed by atoms with Crippen molar-refractivity contribution in [1.82, 2.24) is 20.6 Å². The van der Waals surface area contributed by atoms with Crippen molar-refractivity contribution in [1.29, 1.82) is 0 Å². The van der Waals surface area contributed by atoms with Gasteiger partial charge in [0.15, 0.2) is 17.4 Å². The zero-order valence-corrected chi connectivity index (χ0v) is 20.5. The number of hydrogen-bond donors (Lipinski definition) is 4. The largest absolute Gasteiger partial charge is 0.489 e. The third-order valence-electron chi connectivity index (χ3n) is 5.90. The van der Waals surface area contributed by atoms with Gasteiger partial charge in [0, 0.05) is 18.0 Å². The number of rotatable bonds is 9. The van der Waals surface area contributed by atoms with Gasteiger partial charge in [0.2, 0.25) is 5.91 Å². The molecule has 1 aliphatic rings. The molecule has 2 amide bonds. The first kappa shape index (κ1) is 26.5. The van der Waals surface area contributed by atoms with E-state index in [0.717, 1.165) is 11.6 Å². The maximum absolute atomic E-state index is 14.6. The lowest BCUT2D eigenvalue weighted by Crippen LogP contribution is -2.44. The minimum Gasteiger partial charge on any atom is -0.489 e. The molecule has 1 fully saturated rings. The first-order valence-electron chi connectivity index (χ1n) is 11.7. The van der Waals surface area contributed by atoms with Crippen molar-refractivity contribution in [3.05, 3.63) is 69.0 Å². The Morgan fingerprint density at radius 1 is 1.27 bits per heavy atom. The number of fused-ring (bicyclic) bond motifs is 1. The molecule has 196 valence electrons. The van der Waals surface area contributed by atoms with Crippen LogP contribution in [-0.4, -0.2) is 58.9 Å². The van der Waals surface area contributed by atoms with Crippen molar-refractivity contribution < 1.29 is 28.6 Å². The first-order valence-corrected chi connectivity index (χ1v) is 12.1. The van der Waals surface area contributed by atoms with E-state index in [9.17, 15) is 18.8 Å². The van der Waals surface area contributed by atoms with E-state index >= 15 is 0 Å². The van der Waals surface area contributed by atoms with Crippen LogP contribution in [0.3, 0.4) is 0 Å². The van der Waals surface area contributed by atoms with Crippen molar-refractivity contribution in [2.24, 2.45) is 0 Å². The van der Waals surface area contributed by atoms with E-state index in [1.54, 1.807) is 24.3 Å². The van der Waals surface area contributed by atoms with Gasteiger partial charge in [-0.25, -0.2) is 9.37 Å². The van der Waals surface area contributed by atoms with Crippen molar-refractivity contribution in [3.8, 4) is 5.75 Å². The molecule has 0 bridgehead atoms. The second-order valence-corrected chi connectivity index (χ2v) is 9.03. The van der Waals surface area contributed by atoms with Crippen LogP contribution >= 0.6 is 11.6 Å². The number of H-pyrrole nitrogens is 1. The van der Waals surface area contributed by atoms with E-state index in [1.807, 2.05) is 0 Å². The smallest absolute Gasteiger partial charge is 0.287 e. The minimum absolute atomic E-state index is 0.0790. The van der Waals surface area contributed by atoms with E-state index in [1.165, 1.54) is 6.07 Å². The summed E-state index contributed by atoms with van der Waals surface area (Å²) in [5.41, 5.74) is 0.183. The van der Waals surface area contributed by atoms with Crippen molar-refractivity contribution in [2.75, 3.05) is 19.8 Å². The Morgan fingerprint density at radius 2 is 2.11 bits per heavy atom. The summed E-state index contributed by atoms with van der Waals surface area (Å²) in [5, 5.41) is 14.6. The second-order valence-electron chi connectivity index (χ2n) is 8.59. The summed E-state index contributed by atoms with van der Waals surface area (Å²) in [6, 6.07) is 9.24. The molecule has 4 rings (SSSR count). The molecule has 2 aromatic carbocycles. The molecule has 1 aromatic heterocycles. The quantitative estimate of drug-likeness (QED) is 0.330. The fourth-order valence-corrected chi connectivity index (χ4v) is 4.27. The lowest BCUT2D eigenvalue weighted by molar-refractivity contribution is -0.126. The highest BCUT2D eigenvalue weighted by atomic mass is 35.5. The summed E-state index contributed by atoms with van der Waals surface area (Å²) in [5.74, 6) is -2.25. The van der Waals surface area contributed by atoms with Crippen LogP contribution in [0, 0.1) is 5.82 Å². The standard InChI is InChI=1S/C25H26ClFN4O6/c26-15-3-1-2-14(10-15)11-28-25(35)23-30-19-7-6-18(27)22(21(19)24(34)31-23)36-9-8-17-5-4-16(13-37-17)29-20(33)12-32/h1-3,6-7,10,16-17,32H,4-5,8-9,11-13H2,(H,28,35)(H,29,33)(H,30,31,34). The predicted molar refractivity (Wildman–Crippen MR) is 133 cm³/mol. The Morgan fingerprint density at radius 3 is 2.84 bits per heavy atom. The van der Waals surface area contributed by atoms with Crippen LogP contribution in [0.2, 0.25) is 5.02 Å². The first-order chi connectivity index (χ1) is 17.8. The van der Waals surface area contributed by atoms with Gasteiger partial charge in [-0.15, -0.1) is 0 Å². The average molecular weight is 533 g/mol. The number of hydrogen-bond acceptors (Lipinski definition) is 7. The Kier molecular flexibility index (Phi) is 8.70. The molecule has 37 heavy (non-hydrogen) atoms. The molecule has 0 saturated carbocycles. The summed E-state index contributed by atoms with van der Waals surface area (Å²) >= 11 is 5.95. The highest BCUT2D eigenvalue weighted by Crippen LogP contribution is 2.26. The van der Waals surface area contributed by atoms with Crippen molar-refractivity contribution in [2.45, 2.75) is 38.0 Å². The van der Waals surface area contributed by atoms with Gasteiger partial charge in [-0.2, -0.15) is 0 Å². The van der Waals surface area contributed by atoms with Gasteiger partial charge in [0.25, 0.3) is 11.5 Å². The molecule has 10 nitrogen and oxygen atoms in total. The number of aliphatic hydroxyl groups is 1. The van der Waals surface area contributed by atoms with Gasteiger partial charge in [-0.05, 0) is 42.7 Å². The number of ether oxygens (including phenoxy) is 2. The molecule has 0 aliphatic carbocycles. The third-order valence-corrected chi connectivity index (χ3v) is 6.14.